The first-order valence-electron chi connectivity index (χ1n) is 2.48. The minimum atomic E-state index is 0.292. The maximum absolute atomic E-state index is 4.97. The zero-order valence-corrected chi connectivity index (χ0v) is 4.59. The Morgan fingerprint density at radius 2 is 2.29 bits per heavy atom. The van der Waals surface area contributed by atoms with Crippen molar-refractivity contribution in [2.75, 3.05) is 0 Å². The molecule has 2 heteroatoms. The fourth-order valence-corrected chi connectivity index (χ4v) is 0.462. The molecule has 0 N–H and O–H groups in total. The van der Waals surface area contributed by atoms with E-state index < -0.39 is 0 Å². The summed E-state index contributed by atoms with van der Waals surface area (Å²) in [6, 6.07) is 0.361. The Hall–Kier alpha value is -0.530. The Labute approximate surface area is 43.2 Å². The van der Waals surface area contributed by atoms with E-state index in [0.717, 1.165) is 0 Å². The molecule has 1 rings (SSSR count). The van der Waals surface area contributed by atoms with Gasteiger partial charge in [0.2, 0.25) is 0 Å². The van der Waals surface area contributed by atoms with E-state index in [9.17, 15) is 0 Å². The highest BCUT2D eigenvalue weighted by molar-refractivity contribution is 5.49. The van der Waals surface area contributed by atoms with Gasteiger partial charge in [0, 0.05) is 0 Å². The Morgan fingerprint density at radius 1 is 1.57 bits per heavy atom. The average Bonchev–Trinajstić information content (AvgIpc) is 1.91. The summed E-state index contributed by atoms with van der Waals surface area (Å²) in [6.45, 7) is 4.05. The molecule has 0 saturated carbocycles. The number of rotatable bonds is 0. The van der Waals surface area contributed by atoms with E-state index >= 15 is 0 Å². The minimum absolute atomic E-state index is 0.292. The number of hydrogen-bond donors (Lipinski definition) is 0. The van der Waals surface area contributed by atoms with E-state index in [2.05, 4.69) is 4.99 Å². The smallest absolute Gasteiger partial charge is 0.170 e. The second kappa shape index (κ2) is 1.52. The van der Waals surface area contributed by atoms with Crippen LogP contribution >= 0.6 is 0 Å². The van der Waals surface area contributed by atoms with Crippen molar-refractivity contribution in [1.82, 2.24) is 0 Å². The first-order chi connectivity index (χ1) is 3.30. The van der Waals surface area contributed by atoms with Crippen LogP contribution < -0.4 is 0 Å². The zero-order chi connectivity index (χ0) is 5.28. The van der Waals surface area contributed by atoms with Gasteiger partial charge in [-0.3, -0.25) is 4.99 Å². The lowest BCUT2D eigenvalue weighted by Crippen LogP contribution is -2.12. The van der Waals surface area contributed by atoms with E-state index in [-0.39, 0.29) is 0 Å². The summed E-state index contributed by atoms with van der Waals surface area (Å²) in [5.41, 5.74) is 0. The second-order valence-electron chi connectivity index (χ2n) is 1.84. The Bertz CT molecular complexity index is 90.1. The molecule has 1 aliphatic heterocycles. The van der Waals surface area contributed by atoms with Crippen LogP contribution in [0.4, 0.5) is 0 Å². The molecule has 7 heavy (non-hydrogen) atoms. The molecule has 0 unspecified atom stereocenters. The summed E-state index contributed by atoms with van der Waals surface area (Å²) in [5, 5.41) is 0. The van der Waals surface area contributed by atoms with Crippen molar-refractivity contribution in [2.24, 2.45) is 4.99 Å². The van der Waals surface area contributed by atoms with Gasteiger partial charge < -0.3 is 4.74 Å². The zero-order valence-electron chi connectivity index (χ0n) is 4.59. The normalized spacial score (nSPS) is 38.6. The molecule has 2 nitrogen and oxygen atoms in total. The molecule has 0 saturated heterocycles. The molecule has 0 aliphatic carbocycles. The van der Waals surface area contributed by atoms with Crippen LogP contribution in [0.3, 0.4) is 0 Å². The molecule has 0 aromatic carbocycles. The average molecular weight is 99.1 g/mol. The van der Waals surface area contributed by atoms with Crippen molar-refractivity contribution in [3.05, 3.63) is 0 Å². The largest absolute Gasteiger partial charge is 0.478 e. The molecule has 1 heterocycles. The van der Waals surface area contributed by atoms with Gasteiger partial charge in [-0.15, -0.1) is 0 Å². The highest BCUT2D eigenvalue weighted by Gasteiger charge is 2.14. The third-order valence-electron chi connectivity index (χ3n) is 1.25. The molecule has 0 amide bonds. The van der Waals surface area contributed by atoms with Gasteiger partial charge in [0.15, 0.2) is 6.40 Å². The number of hydrogen-bond acceptors (Lipinski definition) is 2. The van der Waals surface area contributed by atoms with Crippen molar-refractivity contribution in [2.45, 2.75) is 26.0 Å². The predicted octanol–water partition coefficient (Wildman–Crippen LogP) is 0.822. The third-order valence-corrected chi connectivity index (χ3v) is 1.25. The van der Waals surface area contributed by atoms with Crippen LogP contribution in [0.1, 0.15) is 13.8 Å². The van der Waals surface area contributed by atoms with Crippen molar-refractivity contribution in [3.8, 4) is 0 Å². The molecule has 0 radical (unpaired) electrons. The molecule has 0 spiro atoms. The van der Waals surface area contributed by atoms with E-state index in [4.69, 9.17) is 4.74 Å². The fourth-order valence-electron chi connectivity index (χ4n) is 0.462. The van der Waals surface area contributed by atoms with Crippen LogP contribution in [0.2, 0.25) is 0 Å². The van der Waals surface area contributed by atoms with Crippen LogP contribution in [0.5, 0.6) is 0 Å². The summed E-state index contributed by atoms with van der Waals surface area (Å²) in [4.78, 5) is 3.97. The van der Waals surface area contributed by atoms with E-state index in [0.29, 0.717) is 12.1 Å². The standard InChI is InChI=1S/C5H9NO/c1-4-5(2)7-3-6-4/h3-5H,1-2H3/t4-,5+/m1/s1. The molecule has 0 fully saturated rings. The van der Waals surface area contributed by atoms with Crippen molar-refractivity contribution in [3.63, 3.8) is 0 Å². The fraction of sp³-hybridized carbons (Fsp3) is 0.800. The maximum atomic E-state index is 4.97. The van der Waals surface area contributed by atoms with E-state index in [1.807, 2.05) is 13.8 Å². The Morgan fingerprint density at radius 3 is 2.43 bits per heavy atom. The summed E-state index contributed by atoms with van der Waals surface area (Å²) < 4.78 is 4.97. The SMILES string of the molecule is C[C@@H]1OC=N[C@@H]1C. The van der Waals surface area contributed by atoms with E-state index in [1.165, 1.54) is 6.40 Å². The lowest BCUT2D eigenvalue weighted by molar-refractivity contribution is 0.227. The summed E-state index contributed by atoms with van der Waals surface area (Å²) in [7, 11) is 0. The second-order valence-corrected chi connectivity index (χ2v) is 1.84. The molecular formula is C5H9NO. The van der Waals surface area contributed by atoms with Gasteiger partial charge in [-0.1, -0.05) is 0 Å². The highest BCUT2D eigenvalue weighted by atomic mass is 16.5. The van der Waals surface area contributed by atoms with Crippen LogP contribution in [0.15, 0.2) is 4.99 Å². The maximum Gasteiger partial charge on any atom is 0.170 e. The molecule has 0 bridgehead atoms. The van der Waals surface area contributed by atoms with Crippen LogP contribution in [-0.2, 0) is 4.74 Å². The summed E-state index contributed by atoms with van der Waals surface area (Å²) in [5.74, 6) is 0. The van der Waals surface area contributed by atoms with Gasteiger partial charge in [-0.05, 0) is 13.8 Å². The van der Waals surface area contributed by atoms with Crippen molar-refractivity contribution >= 4 is 6.40 Å². The van der Waals surface area contributed by atoms with Gasteiger partial charge in [0.1, 0.15) is 6.10 Å². The minimum Gasteiger partial charge on any atom is -0.478 e. The molecule has 0 aromatic rings. The lowest BCUT2D eigenvalue weighted by atomic mass is 10.2. The molecule has 2 atom stereocenters. The van der Waals surface area contributed by atoms with Gasteiger partial charge in [-0.2, -0.15) is 0 Å². The first-order valence-corrected chi connectivity index (χ1v) is 2.48. The van der Waals surface area contributed by atoms with Crippen molar-refractivity contribution in [1.29, 1.82) is 0 Å². The Balaban J connectivity index is 2.45. The predicted molar refractivity (Wildman–Crippen MR) is 28.5 cm³/mol. The van der Waals surface area contributed by atoms with Crippen LogP contribution in [-0.4, -0.2) is 18.5 Å². The molecule has 0 aromatic heterocycles. The van der Waals surface area contributed by atoms with Crippen LogP contribution in [0.25, 0.3) is 0 Å². The third kappa shape index (κ3) is 0.734. The van der Waals surface area contributed by atoms with E-state index in [1.54, 1.807) is 0 Å². The number of ether oxygens (including phenoxy) is 1. The number of aliphatic imine (C=N–C) groups is 1. The molecule has 40 valence electrons. The van der Waals surface area contributed by atoms with Crippen molar-refractivity contribution < 1.29 is 4.74 Å². The van der Waals surface area contributed by atoms with Gasteiger partial charge in [-0.25, -0.2) is 0 Å². The first kappa shape index (κ1) is 4.62. The quantitative estimate of drug-likeness (QED) is 0.440. The molecular weight excluding hydrogens is 90.1 g/mol. The monoisotopic (exact) mass is 99.1 g/mol. The van der Waals surface area contributed by atoms with Crippen LogP contribution in [0, 0.1) is 0 Å². The van der Waals surface area contributed by atoms with Gasteiger partial charge >= 0.3 is 0 Å². The highest BCUT2D eigenvalue weighted by Crippen LogP contribution is 2.05. The van der Waals surface area contributed by atoms with Gasteiger partial charge in [0.05, 0.1) is 6.04 Å². The van der Waals surface area contributed by atoms with Gasteiger partial charge in [0.25, 0.3) is 0 Å². The summed E-state index contributed by atoms with van der Waals surface area (Å²) >= 11 is 0. The topological polar surface area (TPSA) is 21.6 Å². The number of nitrogens with zero attached hydrogens (tertiary/aromatic N) is 1. The lowest BCUT2D eigenvalue weighted by Gasteiger charge is -2.03. The summed E-state index contributed by atoms with van der Waals surface area (Å²) in [6.07, 6.45) is 1.81. The Kier molecular flexibility index (Phi) is 1.01. The molecule has 1 aliphatic rings.